The fourth-order valence-electron chi connectivity index (χ4n) is 4.98. The molecule has 8 heteroatoms. The molecule has 0 spiro atoms. The molecule has 1 saturated carbocycles. The number of fused-ring (bicyclic) bond motifs is 1. The molecule has 0 radical (unpaired) electrons. The lowest BCUT2D eigenvalue weighted by Gasteiger charge is -2.36. The molecule has 2 aromatic heterocycles. The number of hydrogen-bond acceptors (Lipinski definition) is 5. The number of benzene rings is 1. The number of aromatic nitrogens is 2. The number of aromatic amines is 1. The molecule has 1 amide bonds. The van der Waals surface area contributed by atoms with Gasteiger partial charge in [-0.1, -0.05) is 12.1 Å². The minimum Gasteiger partial charge on any atom is -0.480 e. The molecule has 182 valence electrons. The maximum absolute atomic E-state index is 13.2. The number of Topliss-reactive ketones (excluding diaryl/α,β-unsaturated/α-hetero) is 1. The molecule has 0 atom stereocenters. The van der Waals surface area contributed by atoms with E-state index in [2.05, 4.69) is 20.2 Å². The summed E-state index contributed by atoms with van der Waals surface area (Å²) in [5.41, 5.74) is 5.33. The number of rotatable bonds is 7. The van der Waals surface area contributed by atoms with Gasteiger partial charge in [-0.05, 0) is 67.4 Å². The Morgan fingerprint density at radius 3 is 2.51 bits per heavy atom. The highest BCUT2D eigenvalue weighted by Gasteiger charge is 2.31. The molecule has 35 heavy (non-hydrogen) atoms. The topological polar surface area (TPSA) is 87.3 Å². The van der Waals surface area contributed by atoms with E-state index in [1.807, 2.05) is 18.2 Å². The van der Waals surface area contributed by atoms with Crippen LogP contribution >= 0.6 is 0 Å². The van der Waals surface area contributed by atoms with Crippen LogP contribution in [0.3, 0.4) is 0 Å². The SMILES string of the molecule is CNC(=O)C(=O)c1c[nH]c2nc(OC)c(C(=C3CC3)N3CCC(Cc4ccc(F)cc4)CC3)cc12. The number of amides is 1. The second-order valence-corrected chi connectivity index (χ2v) is 9.27. The van der Waals surface area contributed by atoms with Gasteiger partial charge in [0.15, 0.2) is 0 Å². The van der Waals surface area contributed by atoms with Crippen LogP contribution in [0.1, 0.15) is 47.2 Å². The third-order valence-electron chi connectivity index (χ3n) is 6.96. The van der Waals surface area contributed by atoms with Crippen LogP contribution in [0, 0.1) is 11.7 Å². The van der Waals surface area contributed by atoms with Crippen molar-refractivity contribution in [3.05, 3.63) is 64.6 Å². The highest BCUT2D eigenvalue weighted by molar-refractivity contribution is 6.44. The number of piperidine rings is 1. The van der Waals surface area contributed by atoms with Gasteiger partial charge in [0.25, 0.3) is 11.7 Å². The van der Waals surface area contributed by atoms with Gasteiger partial charge < -0.3 is 19.9 Å². The molecule has 2 N–H and O–H groups in total. The molecule has 5 rings (SSSR count). The second kappa shape index (κ2) is 9.52. The lowest BCUT2D eigenvalue weighted by molar-refractivity contribution is -0.116. The van der Waals surface area contributed by atoms with E-state index in [1.54, 1.807) is 7.11 Å². The molecule has 0 bridgehead atoms. The first kappa shape index (κ1) is 23.1. The highest BCUT2D eigenvalue weighted by atomic mass is 19.1. The van der Waals surface area contributed by atoms with Gasteiger partial charge in [0.1, 0.15) is 11.5 Å². The van der Waals surface area contributed by atoms with Gasteiger partial charge in [-0.2, -0.15) is 4.98 Å². The maximum atomic E-state index is 13.2. The minimum atomic E-state index is -0.660. The summed E-state index contributed by atoms with van der Waals surface area (Å²) in [4.78, 5) is 34.6. The summed E-state index contributed by atoms with van der Waals surface area (Å²) in [5, 5.41) is 3.01. The summed E-state index contributed by atoms with van der Waals surface area (Å²) >= 11 is 0. The largest absolute Gasteiger partial charge is 0.480 e. The fraction of sp³-hybridized carbons (Fsp3) is 0.370. The number of hydrogen-bond donors (Lipinski definition) is 2. The Morgan fingerprint density at radius 2 is 1.89 bits per heavy atom. The van der Waals surface area contributed by atoms with Crippen molar-refractivity contribution in [1.29, 1.82) is 0 Å². The second-order valence-electron chi connectivity index (χ2n) is 9.27. The predicted octanol–water partition coefficient (Wildman–Crippen LogP) is 4.10. The van der Waals surface area contributed by atoms with E-state index in [1.165, 1.54) is 36.5 Å². The number of carbonyl (C=O) groups excluding carboxylic acids is 2. The van der Waals surface area contributed by atoms with Crippen LogP contribution in [0.2, 0.25) is 0 Å². The van der Waals surface area contributed by atoms with Crippen molar-refractivity contribution in [3.63, 3.8) is 0 Å². The normalized spacial score (nSPS) is 15.9. The van der Waals surface area contributed by atoms with Crippen molar-refractivity contribution < 1.29 is 18.7 Å². The number of halogens is 1. The molecule has 2 fully saturated rings. The zero-order chi connectivity index (χ0) is 24.5. The van der Waals surface area contributed by atoms with Crippen LogP contribution < -0.4 is 10.1 Å². The summed E-state index contributed by atoms with van der Waals surface area (Å²) in [6.45, 7) is 1.81. The number of methoxy groups -OCH3 is 1. The van der Waals surface area contributed by atoms with Crippen molar-refractivity contribution in [1.82, 2.24) is 20.2 Å². The van der Waals surface area contributed by atoms with Crippen molar-refractivity contribution in [2.75, 3.05) is 27.2 Å². The Bertz CT molecular complexity index is 1300. The Morgan fingerprint density at radius 1 is 1.17 bits per heavy atom. The van der Waals surface area contributed by atoms with Crippen molar-refractivity contribution in [2.24, 2.45) is 5.92 Å². The van der Waals surface area contributed by atoms with E-state index >= 15 is 0 Å². The Kier molecular flexibility index (Phi) is 6.28. The molecule has 1 aliphatic carbocycles. The number of pyridine rings is 1. The molecule has 0 unspecified atom stereocenters. The molecule has 1 aromatic carbocycles. The van der Waals surface area contributed by atoms with Crippen molar-refractivity contribution in [3.8, 4) is 5.88 Å². The molecule has 7 nitrogen and oxygen atoms in total. The van der Waals surface area contributed by atoms with E-state index in [-0.39, 0.29) is 5.82 Å². The van der Waals surface area contributed by atoms with Gasteiger partial charge in [-0.15, -0.1) is 0 Å². The van der Waals surface area contributed by atoms with Gasteiger partial charge in [0.05, 0.1) is 18.2 Å². The van der Waals surface area contributed by atoms with E-state index in [0.29, 0.717) is 28.4 Å². The van der Waals surface area contributed by atoms with Crippen LogP contribution in [0.15, 0.2) is 42.1 Å². The predicted molar refractivity (Wildman–Crippen MR) is 132 cm³/mol. The summed E-state index contributed by atoms with van der Waals surface area (Å²) in [5.74, 6) is -0.412. The fourth-order valence-corrected chi connectivity index (χ4v) is 4.98. The van der Waals surface area contributed by atoms with Crippen LogP contribution in [-0.4, -0.2) is 53.8 Å². The monoisotopic (exact) mass is 476 g/mol. The Hall–Kier alpha value is -3.68. The van der Waals surface area contributed by atoms with Gasteiger partial charge in [0, 0.05) is 37.4 Å². The molecular weight excluding hydrogens is 447 g/mol. The smallest absolute Gasteiger partial charge is 0.292 e. The third-order valence-corrected chi connectivity index (χ3v) is 6.96. The van der Waals surface area contributed by atoms with Crippen molar-refractivity contribution >= 4 is 28.4 Å². The third kappa shape index (κ3) is 4.65. The zero-order valence-electron chi connectivity index (χ0n) is 20.0. The summed E-state index contributed by atoms with van der Waals surface area (Å²) in [6, 6.07) is 8.73. The van der Waals surface area contributed by atoms with E-state index in [0.717, 1.165) is 56.5 Å². The quantitative estimate of drug-likeness (QED) is 0.396. The van der Waals surface area contributed by atoms with Gasteiger partial charge >= 0.3 is 0 Å². The van der Waals surface area contributed by atoms with E-state index in [9.17, 15) is 14.0 Å². The van der Waals surface area contributed by atoms with Gasteiger partial charge in [-0.3, -0.25) is 9.59 Å². The molecule has 3 aromatic rings. The average Bonchev–Trinajstić information content (AvgIpc) is 3.63. The highest BCUT2D eigenvalue weighted by Crippen LogP contribution is 2.43. The number of likely N-dealkylation sites (N-methyl/N-ethyl adjacent to an activating group) is 1. The average molecular weight is 477 g/mol. The number of nitrogens with one attached hydrogen (secondary N) is 2. The summed E-state index contributed by atoms with van der Waals surface area (Å²) < 4.78 is 18.9. The van der Waals surface area contributed by atoms with Crippen LogP contribution in [0.4, 0.5) is 4.39 Å². The minimum absolute atomic E-state index is 0.202. The Balaban J connectivity index is 1.41. The lowest BCUT2D eigenvalue weighted by atomic mass is 9.89. The van der Waals surface area contributed by atoms with Gasteiger partial charge in [-0.25, -0.2) is 4.39 Å². The molecule has 1 aliphatic heterocycles. The number of ether oxygens (including phenoxy) is 1. The number of H-pyrrole nitrogens is 1. The number of ketones is 1. The zero-order valence-corrected chi connectivity index (χ0v) is 20.0. The molecular formula is C27H29FN4O3. The molecule has 3 heterocycles. The number of likely N-dealkylation sites (tertiary alicyclic amines) is 1. The first-order valence-corrected chi connectivity index (χ1v) is 12.0. The van der Waals surface area contributed by atoms with Gasteiger partial charge in [0.2, 0.25) is 5.88 Å². The maximum Gasteiger partial charge on any atom is 0.292 e. The first-order chi connectivity index (χ1) is 17.0. The van der Waals surface area contributed by atoms with Crippen LogP contribution in [0.5, 0.6) is 5.88 Å². The lowest BCUT2D eigenvalue weighted by Crippen LogP contribution is -2.33. The summed E-state index contributed by atoms with van der Waals surface area (Å²) in [6.07, 6.45) is 6.62. The number of allylic oxidation sites excluding steroid dienone is 1. The van der Waals surface area contributed by atoms with Crippen LogP contribution in [0.25, 0.3) is 16.7 Å². The molecule has 1 saturated heterocycles. The summed E-state index contributed by atoms with van der Waals surface area (Å²) in [7, 11) is 3.04. The molecule has 2 aliphatic rings. The van der Waals surface area contributed by atoms with E-state index in [4.69, 9.17) is 4.74 Å². The van der Waals surface area contributed by atoms with E-state index < -0.39 is 11.7 Å². The standard InChI is InChI=1S/C27H29FN4O3/c1-29-26(34)24(33)22-15-30-25-20(22)14-21(27(31-25)35-2)23(18-5-6-18)32-11-9-17(10-12-32)13-16-3-7-19(28)8-4-16/h3-4,7-8,14-15,17H,5-6,9-13H2,1-2H3,(H,29,34)(H,30,31). The van der Waals surface area contributed by atoms with Crippen molar-refractivity contribution in [2.45, 2.75) is 32.1 Å². The first-order valence-electron chi connectivity index (χ1n) is 12.0. The number of carbonyl (C=O) groups is 2. The number of nitrogens with zero attached hydrogens (tertiary/aromatic N) is 2. The van der Waals surface area contributed by atoms with Crippen LogP contribution in [-0.2, 0) is 11.2 Å². The Labute approximate surface area is 203 Å².